The summed E-state index contributed by atoms with van der Waals surface area (Å²) >= 11 is 0. The lowest BCUT2D eigenvalue weighted by molar-refractivity contribution is -0.143. The summed E-state index contributed by atoms with van der Waals surface area (Å²) in [5.41, 5.74) is 1.09. The molecule has 0 aliphatic carbocycles. The van der Waals surface area contributed by atoms with Crippen molar-refractivity contribution >= 4 is 5.96 Å². The largest absolute Gasteiger partial charge is 0.493 e. The quantitative estimate of drug-likeness (QED) is 0.561. The first-order chi connectivity index (χ1) is 13.3. The third-order valence-electron chi connectivity index (χ3n) is 4.77. The van der Waals surface area contributed by atoms with E-state index in [-0.39, 0.29) is 6.04 Å². The Bertz CT molecular complexity index is 667. The summed E-state index contributed by atoms with van der Waals surface area (Å²) in [4.78, 5) is 7.67. The van der Waals surface area contributed by atoms with Gasteiger partial charge in [0.2, 0.25) is 0 Å². The average Bonchev–Trinajstić information content (AvgIpc) is 3.08. The molecule has 1 aliphatic heterocycles. The van der Waals surface area contributed by atoms with Gasteiger partial charge in [-0.25, -0.2) is 0 Å². The molecule has 1 saturated heterocycles. The lowest BCUT2D eigenvalue weighted by Gasteiger charge is -2.25. The summed E-state index contributed by atoms with van der Waals surface area (Å²) in [6.07, 6.45) is -2.73. The maximum atomic E-state index is 12.5. The smallest absolute Gasteiger partial charge is 0.401 e. The van der Waals surface area contributed by atoms with E-state index >= 15 is 0 Å². The molecule has 1 heterocycles. The zero-order valence-electron chi connectivity index (χ0n) is 16.8. The van der Waals surface area contributed by atoms with Crippen LogP contribution in [0.4, 0.5) is 13.2 Å². The van der Waals surface area contributed by atoms with Crippen LogP contribution in [0.15, 0.2) is 23.2 Å². The minimum absolute atomic E-state index is 0.0374. The van der Waals surface area contributed by atoms with Crippen molar-refractivity contribution in [2.24, 2.45) is 4.99 Å². The molecule has 0 amide bonds. The molecule has 28 heavy (non-hydrogen) atoms. The second-order valence-electron chi connectivity index (χ2n) is 6.89. The van der Waals surface area contributed by atoms with Crippen LogP contribution in [-0.2, 0) is 6.42 Å². The average molecular weight is 402 g/mol. The third-order valence-corrected chi connectivity index (χ3v) is 4.77. The Balaban J connectivity index is 1.86. The van der Waals surface area contributed by atoms with Crippen molar-refractivity contribution < 1.29 is 22.6 Å². The number of nitrogens with one attached hydrogen (secondary N) is 1. The minimum atomic E-state index is -4.16. The summed E-state index contributed by atoms with van der Waals surface area (Å²) in [6.45, 7) is 0.638. The van der Waals surface area contributed by atoms with Gasteiger partial charge >= 0.3 is 6.18 Å². The van der Waals surface area contributed by atoms with Gasteiger partial charge in [0, 0.05) is 39.8 Å². The standard InChI is InChI=1S/C19H29F3N4O2/c1-23-18(24-15-8-10-26(12-15)13-19(20,21)22)25(2)9-7-14-5-6-16(27-3)17(11-14)28-4/h5-6,11,15H,7-10,12-13H2,1-4H3,(H,23,24). The SMILES string of the molecule is CN=C(NC1CCN(CC(F)(F)F)C1)N(C)CCc1ccc(OC)c(OC)c1. The van der Waals surface area contributed by atoms with Crippen molar-refractivity contribution in [3.05, 3.63) is 23.8 Å². The highest BCUT2D eigenvalue weighted by molar-refractivity contribution is 5.80. The molecule has 1 N–H and O–H groups in total. The van der Waals surface area contributed by atoms with Crippen molar-refractivity contribution in [1.82, 2.24) is 15.1 Å². The number of guanidine groups is 1. The summed E-state index contributed by atoms with van der Waals surface area (Å²) in [5, 5.41) is 3.28. The Morgan fingerprint density at radius 3 is 2.61 bits per heavy atom. The second-order valence-corrected chi connectivity index (χ2v) is 6.89. The predicted octanol–water partition coefficient (Wildman–Crippen LogP) is 2.39. The molecule has 0 bridgehead atoms. The number of hydrogen-bond donors (Lipinski definition) is 1. The van der Waals surface area contributed by atoms with Gasteiger partial charge in [0.05, 0.1) is 20.8 Å². The van der Waals surface area contributed by atoms with Gasteiger partial charge in [-0.05, 0) is 30.5 Å². The van der Waals surface area contributed by atoms with Crippen LogP contribution in [0.1, 0.15) is 12.0 Å². The molecule has 1 aromatic carbocycles. The topological polar surface area (TPSA) is 49.3 Å². The van der Waals surface area contributed by atoms with Crippen LogP contribution in [0.25, 0.3) is 0 Å². The zero-order chi connectivity index (χ0) is 20.7. The van der Waals surface area contributed by atoms with Gasteiger partial charge in [-0.3, -0.25) is 9.89 Å². The molecular formula is C19H29F3N4O2. The van der Waals surface area contributed by atoms with Gasteiger partial charge in [0.15, 0.2) is 17.5 Å². The number of likely N-dealkylation sites (N-methyl/N-ethyl adjacent to an activating group) is 1. The van der Waals surface area contributed by atoms with Crippen molar-refractivity contribution in [2.45, 2.75) is 25.1 Å². The minimum Gasteiger partial charge on any atom is -0.493 e. The van der Waals surface area contributed by atoms with Crippen molar-refractivity contribution in [3.63, 3.8) is 0 Å². The highest BCUT2D eigenvalue weighted by Crippen LogP contribution is 2.27. The number of rotatable bonds is 7. The Hall–Kier alpha value is -2.16. The van der Waals surface area contributed by atoms with E-state index in [1.165, 1.54) is 4.90 Å². The molecule has 1 aromatic rings. The van der Waals surface area contributed by atoms with Gasteiger partial charge < -0.3 is 19.7 Å². The molecule has 1 unspecified atom stereocenters. The first kappa shape index (κ1) is 22.1. The van der Waals surface area contributed by atoms with E-state index in [0.717, 1.165) is 12.0 Å². The van der Waals surface area contributed by atoms with E-state index in [4.69, 9.17) is 9.47 Å². The molecule has 0 saturated carbocycles. The fourth-order valence-electron chi connectivity index (χ4n) is 3.31. The summed E-state index contributed by atoms with van der Waals surface area (Å²) in [7, 11) is 6.79. The summed E-state index contributed by atoms with van der Waals surface area (Å²) in [5.74, 6) is 2.04. The molecule has 158 valence electrons. The number of hydrogen-bond acceptors (Lipinski definition) is 4. The van der Waals surface area contributed by atoms with Gasteiger partial charge in [-0.15, -0.1) is 0 Å². The van der Waals surface area contributed by atoms with E-state index in [0.29, 0.717) is 43.5 Å². The first-order valence-electron chi connectivity index (χ1n) is 9.20. The highest BCUT2D eigenvalue weighted by atomic mass is 19.4. The third kappa shape index (κ3) is 6.47. The molecule has 0 aromatic heterocycles. The van der Waals surface area contributed by atoms with Crippen molar-refractivity contribution in [3.8, 4) is 11.5 Å². The Morgan fingerprint density at radius 1 is 1.29 bits per heavy atom. The van der Waals surface area contributed by atoms with Crippen molar-refractivity contribution in [1.29, 1.82) is 0 Å². The molecular weight excluding hydrogens is 373 g/mol. The fraction of sp³-hybridized carbons (Fsp3) is 0.632. The fourth-order valence-corrected chi connectivity index (χ4v) is 3.31. The first-order valence-corrected chi connectivity index (χ1v) is 9.20. The zero-order valence-corrected chi connectivity index (χ0v) is 16.8. The number of alkyl halides is 3. The molecule has 1 aliphatic rings. The normalized spacial score (nSPS) is 18.2. The van der Waals surface area contributed by atoms with Gasteiger partial charge in [0.1, 0.15) is 0 Å². The molecule has 1 fully saturated rings. The second kappa shape index (κ2) is 9.86. The number of nitrogens with zero attached hydrogens (tertiary/aromatic N) is 3. The molecule has 0 radical (unpaired) electrons. The maximum Gasteiger partial charge on any atom is 0.401 e. The van der Waals surface area contributed by atoms with E-state index < -0.39 is 12.7 Å². The molecule has 0 spiro atoms. The summed E-state index contributed by atoms with van der Waals surface area (Å²) < 4.78 is 48.2. The van der Waals surface area contributed by atoms with Crippen molar-refractivity contribution in [2.75, 3.05) is 54.5 Å². The Labute approximate surface area is 164 Å². The van der Waals surface area contributed by atoms with E-state index in [1.807, 2.05) is 30.1 Å². The molecule has 6 nitrogen and oxygen atoms in total. The lowest BCUT2D eigenvalue weighted by atomic mass is 10.1. The van der Waals surface area contributed by atoms with Crippen LogP contribution < -0.4 is 14.8 Å². The number of ether oxygens (including phenoxy) is 2. The summed E-state index contributed by atoms with van der Waals surface area (Å²) in [6, 6.07) is 5.76. The predicted molar refractivity (Wildman–Crippen MR) is 103 cm³/mol. The van der Waals surface area contributed by atoms with E-state index in [2.05, 4.69) is 10.3 Å². The monoisotopic (exact) mass is 402 g/mol. The Kier molecular flexibility index (Phi) is 7.79. The van der Waals surface area contributed by atoms with Crippen LogP contribution in [0.5, 0.6) is 11.5 Å². The molecule has 1 atom stereocenters. The van der Waals surface area contributed by atoms with Crippen LogP contribution in [0, 0.1) is 0 Å². The maximum absolute atomic E-state index is 12.5. The number of methoxy groups -OCH3 is 2. The van der Waals surface area contributed by atoms with Crippen LogP contribution in [0.2, 0.25) is 0 Å². The number of halogens is 3. The highest BCUT2D eigenvalue weighted by Gasteiger charge is 2.34. The Morgan fingerprint density at radius 2 is 2.00 bits per heavy atom. The van der Waals surface area contributed by atoms with Crippen LogP contribution >= 0.6 is 0 Å². The molecule has 9 heteroatoms. The van der Waals surface area contributed by atoms with Gasteiger partial charge in [-0.1, -0.05) is 6.07 Å². The number of benzene rings is 1. The molecule has 2 rings (SSSR count). The van der Waals surface area contributed by atoms with Crippen LogP contribution in [-0.4, -0.2) is 82.5 Å². The van der Waals surface area contributed by atoms with Crippen LogP contribution in [0.3, 0.4) is 0 Å². The number of likely N-dealkylation sites (tertiary alicyclic amines) is 1. The number of aliphatic imine (C=N–C) groups is 1. The van der Waals surface area contributed by atoms with E-state index in [9.17, 15) is 13.2 Å². The lowest BCUT2D eigenvalue weighted by Crippen LogP contribution is -2.46. The van der Waals surface area contributed by atoms with Gasteiger partial charge in [0.25, 0.3) is 0 Å². The van der Waals surface area contributed by atoms with Gasteiger partial charge in [-0.2, -0.15) is 13.2 Å². The van der Waals surface area contributed by atoms with E-state index in [1.54, 1.807) is 21.3 Å².